The van der Waals surface area contributed by atoms with Gasteiger partial charge in [-0.2, -0.15) is 13.2 Å². The van der Waals surface area contributed by atoms with E-state index in [1.807, 2.05) is 0 Å². The van der Waals surface area contributed by atoms with E-state index < -0.39 is 11.7 Å². The Morgan fingerprint density at radius 3 is 2.44 bits per heavy atom. The third-order valence-electron chi connectivity index (χ3n) is 2.92. The highest BCUT2D eigenvalue weighted by molar-refractivity contribution is 5.34. The fourth-order valence-electron chi connectivity index (χ4n) is 1.87. The third kappa shape index (κ3) is 2.55. The predicted octanol–water partition coefficient (Wildman–Crippen LogP) is 3.12. The topological polar surface area (TPSA) is 26.0 Å². The number of benzene rings is 1. The molecule has 0 aliphatic heterocycles. The summed E-state index contributed by atoms with van der Waals surface area (Å²) in [5.74, 6) is 0.669. The first kappa shape index (κ1) is 11.5. The lowest BCUT2D eigenvalue weighted by Crippen LogP contribution is -2.12. The molecule has 88 valence electrons. The lowest BCUT2D eigenvalue weighted by molar-refractivity contribution is -0.138. The smallest absolute Gasteiger partial charge is 0.326 e. The Balaban J connectivity index is 2.26. The average Bonchev–Trinajstić information content (AvgIpc) is 3.00. The minimum Gasteiger partial charge on any atom is -0.326 e. The Morgan fingerprint density at radius 2 is 1.94 bits per heavy atom. The standard InChI is InChI=1S/C12H14F3N/c13-12(14,15)11-4-3-9(5-8-1-2-8)6-10(11)7-16/h3-4,6,8H,1-2,5,7,16H2. The molecule has 1 aliphatic carbocycles. The van der Waals surface area contributed by atoms with Gasteiger partial charge in [0.1, 0.15) is 0 Å². The van der Waals surface area contributed by atoms with Gasteiger partial charge in [0.25, 0.3) is 0 Å². The highest BCUT2D eigenvalue weighted by Gasteiger charge is 2.33. The van der Waals surface area contributed by atoms with E-state index in [2.05, 4.69) is 0 Å². The monoisotopic (exact) mass is 229 g/mol. The van der Waals surface area contributed by atoms with Gasteiger partial charge in [0, 0.05) is 6.54 Å². The average molecular weight is 229 g/mol. The fourth-order valence-corrected chi connectivity index (χ4v) is 1.87. The van der Waals surface area contributed by atoms with Crippen LogP contribution in [0.15, 0.2) is 18.2 Å². The maximum atomic E-state index is 12.6. The maximum Gasteiger partial charge on any atom is 0.416 e. The molecule has 0 aromatic heterocycles. The Kier molecular flexibility index (Phi) is 2.93. The van der Waals surface area contributed by atoms with Crippen molar-refractivity contribution in [3.05, 3.63) is 34.9 Å². The van der Waals surface area contributed by atoms with Crippen molar-refractivity contribution in [2.45, 2.75) is 32.0 Å². The predicted molar refractivity (Wildman–Crippen MR) is 55.8 cm³/mol. The molecule has 0 radical (unpaired) electrons. The Bertz CT molecular complexity index is 380. The van der Waals surface area contributed by atoms with E-state index in [-0.39, 0.29) is 12.1 Å². The van der Waals surface area contributed by atoms with Crippen LogP contribution in [-0.4, -0.2) is 0 Å². The molecule has 1 aliphatic rings. The van der Waals surface area contributed by atoms with Crippen LogP contribution in [0.1, 0.15) is 29.5 Å². The van der Waals surface area contributed by atoms with E-state index in [0.717, 1.165) is 18.1 Å². The number of hydrogen-bond acceptors (Lipinski definition) is 1. The minimum absolute atomic E-state index is 0.0622. The zero-order valence-electron chi connectivity index (χ0n) is 8.85. The molecular weight excluding hydrogens is 215 g/mol. The Labute approximate surface area is 92.5 Å². The van der Waals surface area contributed by atoms with Gasteiger partial charge in [-0.3, -0.25) is 0 Å². The van der Waals surface area contributed by atoms with Gasteiger partial charge < -0.3 is 5.73 Å². The number of hydrogen-bond donors (Lipinski definition) is 1. The molecule has 1 aromatic rings. The van der Waals surface area contributed by atoms with Crippen LogP contribution in [-0.2, 0) is 19.1 Å². The Hall–Kier alpha value is -1.03. The quantitative estimate of drug-likeness (QED) is 0.846. The molecule has 0 heterocycles. The molecule has 4 heteroatoms. The second-order valence-corrected chi connectivity index (χ2v) is 4.34. The zero-order valence-corrected chi connectivity index (χ0v) is 8.85. The summed E-state index contributed by atoms with van der Waals surface area (Å²) < 4.78 is 37.8. The van der Waals surface area contributed by atoms with Crippen LogP contribution in [0.5, 0.6) is 0 Å². The summed E-state index contributed by atoms with van der Waals surface area (Å²) in [6.45, 7) is -0.0622. The molecule has 1 saturated carbocycles. The van der Waals surface area contributed by atoms with Crippen molar-refractivity contribution in [3.8, 4) is 0 Å². The van der Waals surface area contributed by atoms with E-state index in [1.54, 1.807) is 12.1 Å². The van der Waals surface area contributed by atoms with Gasteiger partial charge in [-0.05, 0) is 42.4 Å². The van der Waals surface area contributed by atoms with Crippen LogP contribution in [0.2, 0.25) is 0 Å². The van der Waals surface area contributed by atoms with Gasteiger partial charge >= 0.3 is 6.18 Å². The van der Waals surface area contributed by atoms with Crippen molar-refractivity contribution >= 4 is 0 Å². The zero-order chi connectivity index (χ0) is 11.8. The molecule has 0 saturated heterocycles. The molecule has 0 bridgehead atoms. The number of halogens is 3. The van der Waals surface area contributed by atoms with Gasteiger partial charge in [-0.15, -0.1) is 0 Å². The third-order valence-corrected chi connectivity index (χ3v) is 2.92. The maximum absolute atomic E-state index is 12.6. The van der Waals surface area contributed by atoms with Gasteiger partial charge in [0.05, 0.1) is 5.56 Å². The fraction of sp³-hybridized carbons (Fsp3) is 0.500. The second kappa shape index (κ2) is 4.09. The van der Waals surface area contributed by atoms with Crippen LogP contribution in [0, 0.1) is 5.92 Å². The van der Waals surface area contributed by atoms with Crippen molar-refractivity contribution in [1.82, 2.24) is 0 Å². The van der Waals surface area contributed by atoms with Crippen molar-refractivity contribution in [2.75, 3.05) is 0 Å². The lowest BCUT2D eigenvalue weighted by atomic mass is 10.0. The summed E-state index contributed by atoms with van der Waals surface area (Å²) in [4.78, 5) is 0. The number of nitrogens with two attached hydrogens (primary N) is 1. The molecule has 2 N–H and O–H groups in total. The molecule has 1 fully saturated rings. The Morgan fingerprint density at radius 1 is 1.25 bits per heavy atom. The van der Waals surface area contributed by atoms with Crippen LogP contribution in [0.3, 0.4) is 0 Å². The molecule has 1 nitrogen and oxygen atoms in total. The first-order valence-electron chi connectivity index (χ1n) is 5.40. The van der Waals surface area contributed by atoms with Crippen LogP contribution in [0.4, 0.5) is 13.2 Å². The summed E-state index contributed by atoms with van der Waals surface area (Å²) in [5, 5.41) is 0. The summed E-state index contributed by atoms with van der Waals surface area (Å²) in [7, 11) is 0. The molecule has 16 heavy (non-hydrogen) atoms. The summed E-state index contributed by atoms with van der Waals surface area (Å²) in [5.41, 5.74) is 5.93. The van der Waals surface area contributed by atoms with E-state index in [1.165, 1.54) is 12.8 Å². The van der Waals surface area contributed by atoms with Crippen molar-refractivity contribution in [3.63, 3.8) is 0 Å². The molecule has 0 spiro atoms. The lowest BCUT2D eigenvalue weighted by Gasteiger charge is -2.13. The first-order valence-corrected chi connectivity index (χ1v) is 5.40. The van der Waals surface area contributed by atoms with E-state index in [9.17, 15) is 13.2 Å². The summed E-state index contributed by atoms with van der Waals surface area (Å²) >= 11 is 0. The largest absolute Gasteiger partial charge is 0.416 e. The number of rotatable bonds is 3. The SMILES string of the molecule is NCc1cc(CC2CC2)ccc1C(F)(F)F. The molecular formula is C12H14F3N. The van der Waals surface area contributed by atoms with Crippen molar-refractivity contribution in [2.24, 2.45) is 11.7 Å². The summed E-state index contributed by atoms with van der Waals surface area (Å²) in [6.07, 6.45) is -1.03. The van der Waals surface area contributed by atoms with E-state index >= 15 is 0 Å². The van der Waals surface area contributed by atoms with E-state index in [0.29, 0.717) is 5.92 Å². The van der Waals surface area contributed by atoms with Gasteiger partial charge in [0.2, 0.25) is 0 Å². The summed E-state index contributed by atoms with van der Waals surface area (Å²) in [6, 6.07) is 4.32. The minimum atomic E-state index is -4.30. The highest BCUT2D eigenvalue weighted by atomic mass is 19.4. The van der Waals surface area contributed by atoms with Crippen molar-refractivity contribution < 1.29 is 13.2 Å². The highest BCUT2D eigenvalue weighted by Crippen LogP contribution is 2.35. The van der Waals surface area contributed by atoms with Gasteiger partial charge in [-0.25, -0.2) is 0 Å². The molecule has 0 amide bonds. The molecule has 0 atom stereocenters. The first-order chi connectivity index (χ1) is 7.50. The van der Waals surface area contributed by atoms with Gasteiger partial charge in [0.15, 0.2) is 0 Å². The number of alkyl halides is 3. The normalized spacial score (nSPS) is 16.5. The molecule has 2 rings (SSSR count). The molecule has 0 unspecified atom stereocenters. The molecule has 1 aromatic carbocycles. The van der Waals surface area contributed by atoms with Gasteiger partial charge in [-0.1, -0.05) is 12.1 Å². The van der Waals surface area contributed by atoms with Crippen LogP contribution in [0.25, 0.3) is 0 Å². The van der Waals surface area contributed by atoms with Crippen molar-refractivity contribution in [1.29, 1.82) is 0 Å². The van der Waals surface area contributed by atoms with Crippen LogP contribution < -0.4 is 5.73 Å². The van der Waals surface area contributed by atoms with E-state index in [4.69, 9.17) is 5.73 Å². The second-order valence-electron chi connectivity index (χ2n) is 4.34. The van der Waals surface area contributed by atoms with Crippen LogP contribution >= 0.6 is 0 Å².